The molecule has 1 aliphatic heterocycles. The third kappa shape index (κ3) is 4.04. The SMILES string of the molecule is CN1CCN(S(=O)(=O)c2ccc(Oc3ccc(C=O)cn3)cc2)CC1. The highest BCUT2D eigenvalue weighted by Gasteiger charge is 2.27. The van der Waals surface area contributed by atoms with Crippen molar-refractivity contribution in [3.05, 3.63) is 48.2 Å². The highest BCUT2D eigenvalue weighted by Crippen LogP contribution is 2.23. The number of sulfonamides is 1. The van der Waals surface area contributed by atoms with Crippen LogP contribution in [0.5, 0.6) is 11.6 Å². The Morgan fingerprint density at radius 3 is 2.28 bits per heavy atom. The van der Waals surface area contributed by atoms with Crippen molar-refractivity contribution in [1.29, 1.82) is 0 Å². The number of pyridine rings is 1. The molecule has 0 spiro atoms. The second kappa shape index (κ2) is 7.30. The van der Waals surface area contributed by atoms with E-state index in [1.807, 2.05) is 7.05 Å². The molecule has 0 unspecified atom stereocenters. The van der Waals surface area contributed by atoms with Crippen LogP contribution in [0, 0.1) is 0 Å². The number of rotatable bonds is 5. The van der Waals surface area contributed by atoms with Crippen molar-refractivity contribution >= 4 is 16.3 Å². The van der Waals surface area contributed by atoms with Crippen molar-refractivity contribution in [1.82, 2.24) is 14.2 Å². The second-order valence-electron chi connectivity index (χ2n) is 5.83. The van der Waals surface area contributed by atoms with Gasteiger partial charge < -0.3 is 9.64 Å². The van der Waals surface area contributed by atoms with E-state index in [0.29, 0.717) is 36.6 Å². The minimum atomic E-state index is -3.49. The number of hydrogen-bond donors (Lipinski definition) is 0. The van der Waals surface area contributed by atoms with E-state index in [4.69, 9.17) is 4.74 Å². The molecule has 132 valence electrons. The van der Waals surface area contributed by atoms with E-state index in [0.717, 1.165) is 13.1 Å². The van der Waals surface area contributed by atoms with Gasteiger partial charge in [-0.3, -0.25) is 4.79 Å². The second-order valence-corrected chi connectivity index (χ2v) is 7.77. The summed E-state index contributed by atoms with van der Waals surface area (Å²) in [5, 5.41) is 0. The van der Waals surface area contributed by atoms with Gasteiger partial charge in [0.15, 0.2) is 6.29 Å². The van der Waals surface area contributed by atoms with E-state index in [1.54, 1.807) is 24.3 Å². The van der Waals surface area contributed by atoms with E-state index in [-0.39, 0.29) is 4.90 Å². The monoisotopic (exact) mass is 361 g/mol. The predicted octanol–water partition coefficient (Wildman–Crippen LogP) is 1.62. The maximum absolute atomic E-state index is 12.7. The van der Waals surface area contributed by atoms with E-state index < -0.39 is 10.0 Å². The van der Waals surface area contributed by atoms with Crippen LogP contribution in [0.2, 0.25) is 0 Å². The van der Waals surface area contributed by atoms with Crippen LogP contribution in [0.25, 0.3) is 0 Å². The number of ether oxygens (including phenoxy) is 1. The number of piperazine rings is 1. The first-order valence-corrected chi connectivity index (χ1v) is 9.31. The average molecular weight is 361 g/mol. The van der Waals surface area contributed by atoms with Crippen molar-refractivity contribution in [2.45, 2.75) is 4.90 Å². The number of aromatic nitrogens is 1. The van der Waals surface area contributed by atoms with E-state index in [9.17, 15) is 13.2 Å². The molecular formula is C17H19N3O4S. The van der Waals surface area contributed by atoms with Crippen molar-refractivity contribution in [2.24, 2.45) is 0 Å². The van der Waals surface area contributed by atoms with Gasteiger partial charge in [0.1, 0.15) is 5.75 Å². The van der Waals surface area contributed by atoms with Gasteiger partial charge in [0.25, 0.3) is 0 Å². The van der Waals surface area contributed by atoms with Gasteiger partial charge >= 0.3 is 0 Å². The number of aldehydes is 1. The molecule has 0 N–H and O–H groups in total. The summed E-state index contributed by atoms with van der Waals surface area (Å²) in [6, 6.07) is 9.43. The normalized spacial score (nSPS) is 16.5. The Labute approximate surface area is 146 Å². The van der Waals surface area contributed by atoms with Crippen LogP contribution in [0.15, 0.2) is 47.5 Å². The fourth-order valence-corrected chi connectivity index (χ4v) is 3.92. The zero-order chi connectivity index (χ0) is 17.9. The Hall–Kier alpha value is -2.29. The summed E-state index contributed by atoms with van der Waals surface area (Å²) in [4.78, 5) is 17.0. The molecule has 3 rings (SSSR count). The Kier molecular flexibility index (Phi) is 5.12. The third-order valence-electron chi connectivity index (χ3n) is 4.04. The molecule has 1 fully saturated rings. The highest BCUT2D eigenvalue weighted by atomic mass is 32.2. The first-order chi connectivity index (χ1) is 12.0. The van der Waals surface area contributed by atoms with Gasteiger partial charge in [-0.1, -0.05) is 0 Å². The van der Waals surface area contributed by atoms with Gasteiger partial charge in [-0.05, 0) is 37.4 Å². The molecule has 0 saturated carbocycles. The Bertz CT molecular complexity index is 827. The van der Waals surface area contributed by atoms with E-state index >= 15 is 0 Å². The maximum Gasteiger partial charge on any atom is 0.243 e. The molecule has 1 aromatic heterocycles. The number of likely N-dealkylation sites (N-methyl/N-ethyl adjacent to an activating group) is 1. The lowest BCUT2D eigenvalue weighted by Gasteiger charge is -2.31. The van der Waals surface area contributed by atoms with Gasteiger partial charge in [0, 0.05) is 44.0 Å². The Morgan fingerprint density at radius 2 is 1.72 bits per heavy atom. The Morgan fingerprint density at radius 1 is 1.04 bits per heavy atom. The molecule has 0 amide bonds. The van der Waals surface area contributed by atoms with Crippen molar-refractivity contribution < 1.29 is 17.9 Å². The molecule has 8 heteroatoms. The predicted molar refractivity (Wildman–Crippen MR) is 92.4 cm³/mol. The van der Waals surface area contributed by atoms with Gasteiger partial charge in [0.2, 0.25) is 15.9 Å². The molecule has 0 bridgehead atoms. The summed E-state index contributed by atoms with van der Waals surface area (Å²) in [5.41, 5.74) is 0.459. The first-order valence-electron chi connectivity index (χ1n) is 7.87. The maximum atomic E-state index is 12.7. The summed E-state index contributed by atoms with van der Waals surface area (Å²) in [6.07, 6.45) is 2.11. The number of hydrogen-bond acceptors (Lipinski definition) is 6. The number of nitrogens with zero attached hydrogens (tertiary/aromatic N) is 3. The summed E-state index contributed by atoms with van der Waals surface area (Å²) in [5.74, 6) is 0.809. The largest absolute Gasteiger partial charge is 0.439 e. The van der Waals surface area contributed by atoms with Crippen molar-refractivity contribution in [2.75, 3.05) is 33.2 Å². The summed E-state index contributed by atoms with van der Waals surface area (Å²) in [6.45, 7) is 2.43. The fraction of sp³-hybridized carbons (Fsp3) is 0.294. The van der Waals surface area contributed by atoms with Crippen LogP contribution in [-0.2, 0) is 10.0 Å². The molecule has 0 atom stereocenters. The van der Waals surface area contributed by atoms with Crippen LogP contribution in [-0.4, -0.2) is 62.1 Å². The summed E-state index contributed by atoms with van der Waals surface area (Å²) < 4.78 is 32.4. The lowest BCUT2D eigenvalue weighted by Crippen LogP contribution is -2.46. The lowest BCUT2D eigenvalue weighted by atomic mass is 10.3. The topological polar surface area (TPSA) is 79.8 Å². The van der Waals surface area contributed by atoms with Gasteiger partial charge in [-0.15, -0.1) is 0 Å². The van der Waals surface area contributed by atoms with Crippen LogP contribution in [0.3, 0.4) is 0 Å². The average Bonchev–Trinajstić information content (AvgIpc) is 2.63. The molecule has 0 radical (unpaired) electrons. The molecule has 2 aromatic rings. The fourth-order valence-electron chi connectivity index (χ4n) is 2.50. The smallest absolute Gasteiger partial charge is 0.243 e. The van der Waals surface area contributed by atoms with E-state index in [2.05, 4.69) is 9.88 Å². The van der Waals surface area contributed by atoms with Gasteiger partial charge in [-0.25, -0.2) is 13.4 Å². The molecule has 25 heavy (non-hydrogen) atoms. The molecule has 1 saturated heterocycles. The highest BCUT2D eigenvalue weighted by molar-refractivity contribution is 7.89. The minimum absolute atomic E-state index is 0.244. The molecule has 2 heterocycles. The molecular weight excluding hydrogens is 342 g/mol. The first kappa shape index (κ1) is 17.5. The van der Waals surface area contributed by atoms with Gasteiger partial charge in [0.05, 0.1) is 4.90 Å². The van der Waals surface area contributed by atoms with Crippen LogP contribution in [0.1, 0.15) is 10.4 Å². The zero-order valence-electron chi connectivity index (χ0n) is 13.8. The Balaban J connectivity index is 1.71. The van der Waals surface area contributed by atoms with E-state index in [1.165, 1.54) is 22.6 Å². The molecule has 0 aliphatic carbocycles. The minimum Gasteiger partial charge on any atom is -0.439 e. The number of carbonyl (C=O) groups is 1. The quantitative estimate of drug-likeness (QED) is 0.753. The standard InChI is InChI=1S/C17H19N3O4S/c1-19-8-10-20(11-9-19)25(22,23)16-5-3-15(4-6-16)24-17-7-2-14(13-21)12-18-17/h2-7,12-13H,8-11H2,1H3. The van der Waals surface area contributed by atoms with Crippen molar-refractivity contribution in [3.63, 3.8) is 0 Å². The molecule has 7 nitrogen and oxygen atoms in total. The van der Waals surface area contributed by atoms with Crippen molar-refractivity contribution in [3.8, 4) is 11.6 Å². The van der Waals surface area contributed by atoms with Gasteiger partial charge in [-0.2, -0.15) is 4.31 Å². The zero-order valence-corrected chi connectivity index (χ0v) is 14.6. The molecule has 1 aromatic carbocycles. The third-order valence-corrected chi connectivity index (χ3v) is 5.95. The lowest BCUT2D eigenvalue weighted by molar-refractivity contribution is 0.112. The van der Waals surface area contributed by atoms with Crippen LogP contribution in [0.4, 0.5) is 0 Å². The number of benzene rings is 1. The molecule has 1 aliphatic rings. The summed E-state index contributed by atoms with van der Waals surface area (Å²) >= 11 is 0. The summed E-state index contributed by atoms with van der Waals surface area (Å²) in [7, 11) is -1.51. The van der Waals surface area contributed by atoms with Crippen LogP contribution >= 0.6 is 0 Å². The number of carbonyl (C=O) groups excluding carboxylic acids is 1. The van der Waals surface area contributed by atoms with Crippen LogP contribution < -0.4 is 4.74 Å².